The van der Waals surface area contributed by atoms with Crippen LogP contribution in [0.15, 0.2) is 24.3 Å². The molecule has 0 aromatic heterocycles. The van der Waals surface area contributed by atoms with Crippen LogP contribution in [0, 0.1) is 0 Å². The molecule has 0 aliphatic carbocycles. The smallest absolute Gasteiger partial charge is 0.252 e. The Morgan fingerprint density at radius 3 is 2.79 bits per heavy atom. The Bertz CT molecular complexity index is 604. The maximum Gasteiger partial charge on any atom is 0.252 e. The minimum Gasteiger partial charge on any atom is -0.485 e. The van der Waals surface area contributed by atoms with Crippen molar-refractivity contribution in [2.75, 3.05) is 33.3 Å². The Morgan fingerprint density at radius 1 is 1.25 bits per heavy atom. The van der Waals surface area contributed by atoms with Gasteiger partial charge in [0.2, 0.25) is 0 Å². The summed E-state index contributed by atoms with van der Waals surface area (Å²) in [4.78, 5) is 17.3. The standard InChI is InChI=1S/C19H26N2O3/c1-20-10-8-19(9-11-20)14-21(18(22)17-7-4-12-23-17)13-15-5-2-3-6-16(15)24-19/h2-3,5-6,17H,4,7-14H2,1H3. The summed E-state index contributed by atoms with van der Waals surface area (Å²) in [6.45, 7) is 3.99. The third kappa shape index (κ3) is 3.03. The number of nitrogens with zero attached hydrogens (tertiary/aromatic N) is 2. The summed E-state index contributed by atoms with van der Waals surface area (Å²) in [5, 5.41) is 0. The van der Waals surface area contributed by atoms with Gasteiger partial charge in [0, 0.05) is 44.6 Å². The van der Waals surface area contributed by atoms with Crippen LogP contribution in [-0.4, -0.2) is 60.7 Å². The van der Waals surface area contributed by atoms with Crippen molar-refractivity contribution in [3.63, 3.8) is 0 Å². The van der Waals surface area contributed by atoms with Gasteiger partial charge in [-0.1, -0.05) is 18.2 Å². The zero-order valence-electron chi connectivity index (χ0n) is 14.4. The lowest BCUT2D eigenvalue weighted by Gasteiger charge is -2.42. The van der Waals surface area contributed by atoms with Gasteiger partial charge in [-0.05, 0) is 26.0 Å². The number of rotatable bonds is 1. The van der Waals surface area contributed by atoms with Gasteiger partial charge in [-0.15, -0.1) is 0 Å². The number of hydrogen-bond acceptors (Lipinski definition) is 4. The van der Waals surface area contributed by atoms with Crippen LogP contribution in [-0.2, 0) is 16.1 Å². The van der Waals surface area contributed by atoms with Gasteiger partial charge in [0.15, 0.2) is 0 Å². The second-order valence-corrected chi connectivity index (χ2v) is 7.39. The third-order valence-electron chi connectivity index (χ3n) is 5.55. The number of benzene rings is 1. The van der Waals surface area contributed by atoms with Gasteiger partial charge in [-0.3, -0.25) is 4.79 Å². The normalized spacial score (nSPS) is 26.7. The van der Waals surface area contributed by atoms with Crippen molar-refractivity contribution in [3.8, 4) is 5.75 Å². The van der Waals surface area contributed by atoms with Crippen LogP contribution in [0.5, 0.6) is 5.75 Å². The SMILES string of the molecule is CN1CCC2(CC1)CN(C(=O)C1CCCO1)Cc1ccccc1O2. The number of ether oxygens (including phenoxy) is 2. The number of amides is 1. The molecule has 0 N–H and O–H groups in total. The molecule has 5 nitrogen and oxygen atoms in total. The number of para-hydroxylation sites is 1. The number of piperidine rings is 1. The first-order valence-corrected chi connectivity index (χ1v) is 9.01. The summed E-state index contributed by atoms with van der Waals surface area (Å²) in [5.41, 5.74) is 0.826. The van der Waals surface area contributed by atoms with Crippen molar-refractivity contribution < 1.29 is 14.3 Å². The average Bonchev–Trinajstić information content (AvgIpc) is 3.07. The quantitative estimate of drug-likeness (QED) is 0.790. The van der Waals surface area contributed by atoms with Crippen LogP contribution in [0.4, 0.5) is 0 Å². The Labute approximate surface area is 143 Å². The second-order valence-electron chi connectivity index (χ2n) is 7.39. The van der Waals surface area contributed by atoms with Crippen molar-refractivity contribution in [1.29, 1.82) is 0 Å². The Balaban J connectivity index is 1.63. The molecule has 2 fully saturated rings. The molecule has 1 amide bonds. The Kier molecular flexibility index (Phi) is 4.22. The minimum atomic E-state index is -0.270. The van der Waals surface area contributed by atoms with E-state index in [-0.39, 0.29) is 17.6 Å². The highest BCUT2D eigenvalue weighted by Gasteiger charge is 2.42. The van der Waals surface area contributed by atoms with E-state index in [2.05, 4.69) is 18.0 Å². The summed E-state index contributed by atoms with van der Waals surface area (Å²) in [6.07, 6.45) is 3.46. The van der Waals surface area contributed by atoms with Crippen molar-refractivity contribution in [1.82, 2.24) is 9.80 Å². The number of carbonyl (C=O) groups is 1. The van der Waals surface area contributed by atoms with Crippen LogP contribution in [0.25, 0.3) is 0 Å². The zero-order chi connectivity index (χ0) is 16.6. The molecule has 3 heterocycles. The molecule has 5 heteroatoms. The molecular formula is C19H26N2O3. The molecular weight excluding hydrogens is 304 g/mol. The summed E-state index contributed by atoms with van der Waals surface area (Å²) in [6, 6.07) is 8.14. The Morgan fingerprint density at radius 2 is 2.04 bits per heavy atom. The van der Waals surface area contributed by atoms with Crippen LogP contribution in [0.1, 0.15) is 31.2 Å². The van der Waals surface area contributed by atoms with E-state index in [4.69, 9.17) is 9.47 Å². The first-order chi connectivity index (χ1) is 11.7. The molecule has 3 aliphatic heterocycles. The van der Waals surface area contributed by atoms with Gasteiger partial charge in [0.05, 0.1) is 6.54 Å². The average molecular weight is 330 g/mol. The summed E-state index contributed by atoms with van der Waals surface area (Å²) < 4.78 is 12.2. The van der Waals surface area contributed by atoms with Crippen molar-refractivity contribution >= 4 is 5.91 Å². The van der Waals surface area contributed by atoms with Gasteiger partial charge in [0.25, 0.3) is 5.91 Å². The number of hydrogen-bond donors (Lipinski definition) is 0. The molecule has 0 saturated carbocycles. The van der Waals surface area contributed by atoms with Crippen LogP contribution in [0.2, 0.25) is 0 Å². The molecule has 130 valence electrons. The summed E-state index contributed by atoms with van der Waals surface area (Å²) in [5.74, 6) is 1.07. The van der Waals surface area contributed by atoms with Gasteiger partial charge >= 0.3 is 0 Å². The van der Waals surface area contributed by atoms with E-state index in [1.165, 1.54) is 0 Å². The summed E-state index contributed by atoms with van der Waals surface area (Å²) in [7, 11) is 2.15. The topological polar surface area (TPSA) is 42.0 Å². The van der Waals surface area contributed by atoms with Gasteiger partial charge in [-0.25, -0.2) is 0 Å². The highest BCUT2D eigenvalue weighted by Crippen LogP contribution is 2.35. The Hall–Kier alpha value is -1.59. The van der Waals surface area contributed by atoms with E-state index >= 15 is 0 Å². The lowest BCUT2D eigenvalue weighted by molar-refractivity contribution is -0.144. The van der Waals surface area contributed by atoms with Crippen LogP contribution < -0.4 is 4.74 Å². The molecule has 1 spiro atoms. The highest BCUT2D eigenvalue weighted by molar-refractivity contribution is 5.81. The molecule has 24 heavy (non-hydrogen) atoms. The van der Waals surface area contributed by atoms with Crippen molar-refractivity contribution in [3.05, 3.63) is 29.8 Å². The van der Waals surface area contributed by atoms with Gasteiger partial charge < -0.3 is 19.3 Å². The number of fused-ring (bicyclic) bond motifs is 1. The third-order valence-corrected chi connectivity index (χ3v) is 5.55. The molecule has 3 aliphatic rings. The molecule has 2 saturated heterocycles. The summed E-state index contributed by atoms with van der Waals surface area (Å²) >= 11 is 0. The fraction of sp³-hybridized carbons (Fsp3) is 0.632. The van der Waals surface area contributed by atoms with E-state index in [1.807, 2.05) is 23.1 Å². The van der Waals surface area contributed by atoms with Gasteiger partial charge in [-0.2, -0.15) is 0 Å². The maximum absolute atomic E-state index is 13.0. The van der Waals surface area contributed by atoms with E-state index in [0.717, 1.165) is 50.1 Å². The van der Waals surface area contributed by atoms with Crippen LogP contribution >= 0.6 is 0 Å². The van der Waals surface area contributed by atoms with E-state index in [1.54, 1.807) is 0 Å². The lowest BCUT2D eigenvalue weighted by Crippen LogP contribution is -2.54. The molecule has 0 bridgehead atoms. The van der Waals surface area contributed by atoms with E-state index in [9.17, 15) is 4.79 Å². The highest BCUT2D eigenvalue weighted by atomic mass is 16.5. The molecule has 1 atom stereocenters. The molecule has 1 aromatic carbocycles. The van der Waals surface area contributed by atoms with Gasteiger partial charge in [0.1, 0.15) is 17.5 Å². The molecule has 0 radical (unpaired) electrons. The lowest BCUT2D eigenvalue weighted by atomic mass is 9.90. The largest absolute Gasteiger partial charge is 0.485 e. The van der Waals surface area contributed by atoms with E-state index in [0.29, 0.717) is 19.7 Å². The molecule has 4 rings (SSSR count). The predicted molar refractivity (Wildman–Crippen MR) is 90.9 cm³/mol. The van der Waals surface area contributed by atoms with Crippen LogP contribution in [0.3, 0.4) is 0 Å². The first kappa shape index (κ1) is 15.9. The predicted octanol–water partition coefficient (Wildman–Crippen LogP) is 2.05. The maximum atomic E-state index is 13.0. The monoisotopic (exact) mass is 330 g/mol. The molecule has 1 unspecified atom stereocenters. The fourth-order valence-electron chi connectivity index (χ4n) is 4.03. The molecule has 1 aromatic rings. The fourth-order valence-corrected chi connectivity index (χ4v) is 4.03. The van der Waals surface area contributed by atoms with Crippen molar-refractivity contribution in [2.24, 2.45) is 0 Å². The number of likely N-dealkylation sites (tertiary alicyclic amines) is 1. The first-order valence-electron chi connectivity index (χ1n) is 9.01. The second kappa shape index (κ2) is 6.37. The van der Waals surface area contributed by atoms with E-state index < -0.39 is 0 Å². The zero-order valence-corrected chi connectivity index (χ0v) is 14.4. The minimum absolute atomic E-state index is 0.131. The number of carbonyl (C=O) groups excluding carboxylic acids is 1. The van der Waals surface area contributed by atoms with Crippen molar-refractivity contribution in [2.45, 2.75) is 43.9 Å².